The fourth-order valence-corrected chi connectivity index (χ4v) is 2.93. The van der Waals surface area contributed by atoms with Crippen molar-refractivity contribution in [3.63, 3.8) is 0 Å². The Balaban J connectivity index is 1.74. The number of piperidine rings is 1. The van der Waals surface area contributed by atoms with Gasteiger partial charge in [0, 0.05) is 30.9 Å². The van der Waals surface area contributed by atoms with E-state index in [2.05, 4.69) is 24.2 Å². The van der Waals surface area contributed by atoms with Crippen molar-refractivity contribution in [1.29, 1.82) is 0 Å². The van der Waals surface area contributed by atoms with Gasteiger partial charge in [0.1, 0.15) is 0 Å². The Bertz CT molecular complexity index is 480. The van der Waals surface area contributed by atoms with Crippen LogP contribution in [0.2, 0.25) is 0 Å². The van der Waals surface area contributed by atoms with E-state index in [0.717, 1.165) is 50.6 Å². The number of benzene rings is 1. The molecule has 5 heteroatoms. The molecule has 1 heterocycles. The third-order valence-corrected chi connectivity index (χ3v) is 4.35. The van der Waals surface area contributed by atoms with E-state index in [1.165, 1.54) is 6.42 Å². The summed E-state index contributed by atoms with van der Waals surface area (Å²) >= 11 is 0. The zero-order chi connectivity index (χ0) is 16.7. The number of hydrazine groups is 1. The predicted molar refractivity (Wildman–Crippen MR) is 93.4 cm³/mol. The number of nitrogens with one attached hydrogen (secondary N) is 1. The van der Waals surface area contributed by atoms with E-state index < -0.39 is 0 Å². The first-order chi connectivity index (χ1) is 11.1. The average Bonchev–Trinajstić information content (AvgIpc) is 2.58. The molecule has 0 spiro atoms. The number of carbonyl (C=O) groups excluding carboxylic acids is 1. The van der Waals surface area contributed by atoms with E-state index in [1.807, 2.05) is 24.3 Å². The van der Waals surface area contributed by atoms with Gasteiger partial charge in [-0.2, -0.15) is 0 Å². The Morgan fingerprint density at radius 3 is 2.52 bits per heavy atom. The van der Waals surface area contributed by atoms with Crippen molar-refractivity contribution < 1.29 is 9.53 Å². The third kappa shape index (κ3) is 5.52. The Morgan fingerprint density at radius 1 is 1.30 bits per heavy atom. The topological polar surface area (TPSA) is 67.6 Å². The number of anilines is 1. The highest BCUT2D eigenvalue weighted by Crippen LogP contribution is 2.22. The molecule has 0 bridgehead atoms. The highest BCUT2D eigenvalue weighted by Gasteiger charge is 2.20. The molecule has 2 rings (SSSR count). The smallest absolute Gasteiger partial charge is 0.265 e. The van der Waals surface area contributed by atoms with Crippen molar-refractivity contribution >= 4 is 11.6 Å². The van der Waals surface area contributed by atoms with Crippen LogP contribution in [0.4, 0.5) is 5.69 Å². The lowest BCUT2D eigenvalue weighted by molar-refractivity contribution is 0.0338. The van der Waals surface area contributed by atoms with Crippen LogP contribution in [-0.2, 0) is 4.74 Å². The molecule has 5 nitrogen and oxygen atoms in total. The van der Waals surface area contributed by atoms with Crippen LogP contribution in [0.5, 0.6) is 0 Å². The molecular weight excluding hydrogens is 290 g/mol. The molecule has 0 aromatic heterocycles. The fourth-order valence-electron chi connectivity index (χ4n) is 2.93. The molecule has 1 aromatic rings. The van der Waals surface area contributed by atoms with E-state index in [1.54, 1.807) is 0 Å². The van der Waals surface area contributed by atoms with Crippen LogP contribution in [0.1, 0.15) is 49.9 Å². The van der Waals surface area contributed by atoms with Crippen LogP contribution in [0.3, 0.4) is 0 Å². The van der Waals surface area contributed by atoms with Gasteiger partial charge >= 0.3 is 0 Å². The van der Waals surface area contributed by atoms with Gasteiger partial charge in [-0.1, -0.05) is 13.8 Å². The number of nitrogens with two attached hydrogens (primary N) is 1. The summed E-state index contributed by atoms with van der Waals surface area (Å²) in [7, 11) is 0. The van der Waals surface area contributed by atoms with Crippen LogP contribution < -0.4 is 16.2 Å². The minimum atomic E-state index is -0.259. The number of rotatable bonds is 7. The van der Waals surface area contributed by atoms with Crippen molar-refractivity contribution in [2.75, 3.05) is 24.6 Å². The Labute approximate surface area is 139 Å². The summed E-state index contributed by atoms with van der Waals surface area (Å²) in [6.45, 7) is 7.38. The molecule has 1 aliphatic rings. The summed E-state index contributed by atoms with van der Waals surface area (Å²) in [5.41, 5.74) is 3.88. The standard InChI is InChI=1S/C18H29N3O2/c1-14(2)4-3-13-23-17-9-11-21(12-10-17)16-7-5-15(6-8-16)18(22)20-19/h5-8,14,17H,3-4,9-13,19H2,1-2H3,(H,20,22). The maximum Gasteiger partial charge on any atom is 0.265 e. The Hall–Kier alpha value is -1.59. The fraction of sp³-hybridized carbons (Fsp3) is 0.611. The first kappa shape index (κ1) is 17.8. The van der Waals surface area contributed by atoms with Crippen molar-refractivity contribution in [1.82, 2.24) is 5.43 Å². The van der Waals surface area contributed by atoms with Crippen molar-refractivity contribution in [3.8, 4) is 0 Å². The maximum atomic E-state index is 11.4. The van der Waals surface area contributed by atoms with Crippen molar-refractivity contribution in [3.05, 3.63) is 29.8 Å². The molecule has 1 aromatic carbocycles. The number of nitrogen functional groups attached to an aromatic ring is 1. The largest absolute Gasteiger partial charge is 0.378 e. The molecule has 1 fully saturated rings. The molecule has 23 heavy (non-hydrogen) atoms. The molecular formula is C18H29N3O2. The van der Waals surface area contributed by atoms with Gasteiger partial charge in [-0.05, 0) is 55.9 Å². The van der Waals surface area contributed by atoms with Crippen molar-refractivity contribution in [2.24, 2.45) is 11.8 Å². The molecule has 0 saturated carbocycles. The molecule has 1 amide bonds. The number of ether oxygens (including phenoxy) is 1. The van der Waals surface area contributed by atoms with Gasteiger partial charge in [0.25, 0.3) is 5.91 Å². The van der Waals surface area contributed by atoms with E-state index in [-0.39, 0.29) is 5.91 Å². The summed E-state index contributed by atoms with van der Waals surface area (Å²) < 4.78 is 5.99. The molecule has 0 atom stereocenters. The number of carbonyl (C=O) groups is 1. The van der Waals surface area contributed by atoms with Gasteiger partial charge in [0.05, 0.1) is 6.10 Å². The monoisotopic (exact) mass is 319 g/mol. The van der Waals surface area contributed by atoms with Gasteiger partial charge in [0.15, 0.2) is 0 Å². The molecule has 0 unspecified atom stereocenters. The molecule has 128 valence electrons. The molecule has 1 aliphatic heterocycles. The highest BCUT2D eigenvalue weighted by molar-refractivity contribution is 5.94. The van der Waals surface area contributed by atoms with E-state index >= 15 is 0 Å². The quantitative estimate of drug-likeness (QED) is 0.351. The van der Waals surface area contributed by atoms with E-state index in [9.17, 15) is 4.79 Å². The molecule has 3 N–H and O–H groups in total. The van der Waals surface area contributed by atoms with Gasteiger partial charge in [-0.3, -0.25) is 10.2 Å². The second kappa shape index (κ2) is 8.89. The van der Waals surface area contributed by atoms with Gasteiger partial charge in [-0.15, -0.1) is 0 Å². The number of amides is 1. The number of hydrogen-bond acceptors (Lipinski definition) is 4. The van der Waals surface area contributed by atoms with Crippen molar-refractivity contribution in [2.45, 2.75) is 45.6 Å². The van der Waals surface area contributed by atoms with Gasteiger partial charge < -0.3 is 9.64 Å². The lowest BCUT2D eigenvalue weighted by Gasteiger charge is -2.33. The number of hydrogen-bond donors (Lipinski definition) is 2. The minimum absolute atomic E-state index is 0.259. The van der Waals surface area contributed by atoms with Gasteiger partial charge in [-0.25, -0.2) is 5.84 Å². The maximum absolute atomic E-state index is 11.4. The lowest BCUT2D eigenvalue weighted by atomic mass is 10.1. The third-order valence-electron chi connectivity index (χ3n) is 4.35. The van der Waals surface area contributed by atoms with E-state index in [0.29, 0.717) is 11.7 Å². The Morgan fingerprint density at radius 2 is 1.96 bits per heavy atom. The highest BCUT2D eigenvalue weighted by atomic mass is 16.5. The van der Waals surface area contributed by atoms with Crippen LogP contribution >= 0.6 is 0 Å². The molecule has 0 radical (unpaired) electrons. The summed E-state index contributed by atoms with van der Waals surface area (Å²) in [5, 5.41) is 0. The summed E-state index contributed by atoms with van der Waals surface area (Å²) in [4.78, 5) is 13.8. The normalized spacial score (nSPS) is 15.9. The zero-order valence-electron chi connectivity index (χ0n) is 14.3. The molecule has 0 aliphatic carbocycles. The average molecular weight is 319 g/mol. The lowest BCUT2D eigenvalue weighted by Crippen LogP contribution is -2.37. The van der Waals surface area contributed by atoms with Crippen LogP contribution in [0.25, 0.3) is 0 Å². The first-order valence-corrected chi connectivity index (χ1v) is 8.57. The number of nitrogens with zero attached hydrogens (tertiary/aromatic N) is 1. The van der Waals surface area contributed by atoms with Crippen LogP contribution in [-0.4, -0.2) is 31.7 Å². The first-order valence-electron chi connectivity index (χ1n) is 8.57. The van der Waals surface area contributed by atoms with Gasteiger partial charge in [0.2, 0.25) is 0 Å². The van der Waals surface area contributed by atoms with E-state index in [4.69, 9.17) is 10.6 Å². The SMILES string of the molecule is CC(C)CCCOC1CCN(c2ccc(C(=O)NN)cc2)CC1. The predicted octanol–water partition coefficient (Wildman–Crippen LogP) is 2.71. The minimum Gasteiger partial charge on any atom is -0.378 e. The second-order valence-electron chi connectivity index (χ2n) is 6.61. The zero-order valence-corrected chi connectivity index (χ0v) is 14.3. The molecule has 1 saturated heterocycles. The van der Waals surface area contributed by atoms with Crippen LogP contribution in [0, 0.1) is 5.92 Å². The Kier molecular flexibility index (Phi) is 6.86. The summed E-state index contributed by atoms with van der Waals surface area (Å²) in [5.74, 6) is 5.64. The second-order valence-corrected chi connectivity index (χ2v) is 6.61. The summed E-state index contributed by atoms with van der Waals surface area (Å²) in [6, 6.07) is 7.58. The summed E-state index contributed by atoms with van der Waals surface area (Å²) in [6.07, 6.45) is 4.91. The van der Waals surface area contributed by atoms with Crippen LogP contribution in [0.15, 0.2) is 24.3 Å².